The fourth-order valence-electron chi connectivity index (χ4n) is 3.19. The highest BCUT2D eigenvalue weighted by molar-refractivity contribution is 5.90. The zero-order chi connectivity index (χ0) is 18.4. The van der Waals surface area contributed by atoms with E-state index in [1.54, 1.807) is 6.08 Å². The average Bonchev–Trinajstić information content (AvgIpc) is 2.52. The SMILES string of the molecule is C=C[C@@H]1CC[C@H](C)N(C(=O)[C@H](CC(C)C)NC(=O)OC)[C@@H]1C(=O)O. The summed E-state index contributed by atoms with van der Waals surface area (Å²) in [4.78, 5) is 37.7. The summed E-state index contributed by atoms with van der Waals surface area (Å²) in [5.41, 5.74) is 0. The average molecular weight is 340 g/mol. The Hall–Kier alpha value is -2.05. The Morgan fingerprint density at radius 1 is 1.38 bits per heavy atom. The molecule has 1 aliphatic rings. The van der Waals surface area contributed by atoms with Gasteiger partial charge in [0.1, 0.15) is 12.1 Å². The second-order valence-corrected chi connectivity index (χ2v) is 6.67. The highest BCUT2D eigenvalue weighted by atomic mass is 16.5. The molecule has 0 bridgehead atoms. The van der Waals surface area contributed by atoms with Crippen LogP contribution in [0.1, 0.15) is 40.0 Å². The number of amides is 2. The van der Waals surface area contributed by atoms with Crippen LogP contribution in [0, 0.1) is 11.8 Å². The lowest BCUT2D eigenvalue weighted by molar-refractivity contribution is -0.158. The van der Waals surface area contributed by atoms with Gasteiger partial charge in [0.05, 0.1) is 7.11 Å². The number of rotatable bonds is 6. The Kier molecular flexibility index (Phi) is 7.25. The predicted molar refractivity (Wildman–Crippen MR) is 89.4 cm³/mol. The van der Waals surface area contributed by atoms with Crippen molar-refractivity contribution in [3.05, 3.63) is 12.7 Å². The molecule has 1 heterocycles. The van der Waals surface area contributed by atoms with Gasteiger partial charge in [-0.15, -0.1) is 6.58 Å². The minimum absolute atomic E-state index is 0.148. The van der Waals surface area contributed by atoms with E-state index in [1.807, 2.05) is 20.8 Å². The lowest BCUT2D eigenvalue weighted by atomic mass is 9.85. The van der Waals surface area contributed by atoms with Crippen LogP contribution in [0.5, 0.6) is 0 Å². The highest BCUT2D eigenvalue weighted by Gasteiger charge is 2.43. The number of hydrogen-bond donors (Lipinski definition) is 2. The first-order chi connectivity index (χ1) is 11.2. The van der Waals surface area contributed by atoms with Crippen LogP contribution in [0.4, 0.5) is 4.79 Å². The largest absolute Gasteiger partial charge is 0.480 e. The normalized spacial score (nSPS) is 25.0. The van der Waals surface area contributed by atoms with Crippen LogP contribution in [-0.4, -0.2) is 53.2 Å². The maximum atomic E-state index is 13.0. The number of alkyl carbamates (subject to hydrolysis) is 1. The van der Waals surface area contributed by atoms with Gasteiger partial charge >= 0.3 is 12.1 Å². The Bertz CT molecular complexity index is 491. The minimum Gasteiger partial charge on any atom is -0.480 e. The quantitative estimate of drug-likeness (QED) is 0.721. The molecule has 0 aromatic rings. The van der Waals surface area contributed by atoms with Crippen molar-refractivity contribution in [3.63, 3.8) is 0 Å². The number of likely N-dealkylation sites (tertiary alicyclic amines) is 1. The van der Waals surface area contributed by atoms with E-state index in [4.69, 9.17) is 0 Å². The third kappa shape index (κ3) is 4.72. The van der Waals surface area contributed by atoms with E-state index in [2.05, 4.69) is 16.6 Å². The van der Waals surface area contributed by atoms with E-state index in [0.717, 1.165) is 0 Å². The van der Waals surface area contributed by atoms with Gasteiger partial charge < -0.3 is 20.1 Å². The number of carboxylic acids is 1. The van der Waals surface area contributed by atoms with Crippen molar-refractivity contribution >= 4 is 18.0 Å². The van der Waals surface area contributed by atoms with Gasteiger partial charge in [-0.3, -0.25) is 4.79 Å². The molecule has 0 aromatic heterocycles. The molecule has 1 fully saturated rings. The molecule has 24 heavy (non-hydrogen) atoms. The number of nitrogens with zero attached hydrogens (tertiary/aromatic N) is 1. The Morgan fingerprint density at radius 3 is 2.46 bits per heavy atom. The first kappa shape index (κ1) is 20.0. The smallest absolute Gasteiger partial charge is 0.407 e. The summed E-state index contributed by atoms with van der Waals surface area (Å²) in [5.74, 6) is -1.60. The zero-order valence-corrected chi connectivity index (χ0v) is 14.8. The van der Waals surface area contributed by atoms with E-state index < -0.39 is 24.1 Å². The molecule has 0 aromatic carbocycles. The van der Waals surface area contributed by atoms with Crippen molar-refractivity contribution < 1.29 is 24.2 Å². The topological polar surface area (TPSA) is 95.9 Å². The Morgan fingerprint density at radius 2 is 2.00 bits per heavy atom. The van der Waals surface area contributed by atoms with E-state index in [-0.39, 0.29) is 23.8 Å². The molecule has 0 unspecified atom stereocenters. The predicted octanol–water partition coefficient (Wildman–Crippen LogP) is 2.02. The number of piperidine rings is 1. The zero-order valence-electron chi connectivity index (χ0n) is 14.8. The van der Waals surface area contributed by atoms with Crippen molar-refractivity contribution in [2.75, 3.05) is 7.11 Å². The van der Waals surface area contributed by atoms with Crippen LogP contribution in [0.3, 0.4) is 0 Å². The van der Waals surface area contributed by atoms with Crippen LogP contribution in [0.25, 0.3) is 0 Å². The van der Waals surface area contributed by atoms with E-state index in [0.29, 0.717) is 19.3 Å². The molecule has 1 saturated heterocycles. The van der Waals surface area contributed by atoms with Gasteiger partial charge in [-0.1, -0.05) is 19.9 Å². The van der Waals surface area contributed by atoms with Crippen LogP contribution >= 0.6 is 0 Å². The second kappa shape index (κ2) is 8.70. The third-order valence-electron chi connectivity index (χ3n) is 4.39. The number of aliphatic carboxylic acids is 1. The van der Waals surface area contributed by atoms with E-state index >= 15 is 0 Å². The van der Waals surface area contributed by atoms with Crippen molar-refractivity contribution in [3.8, 4) is 0 Å². The van der Waals surface area contributed by atoms with Gasteiger partial charge in [-0.2, -0.15) is 0 Å². The number of carbonyl (C=O) groups is 3. The summed E-state index contributed by atoms with van der Waals surface area (Å²) >= 11 is 0. The van der Waals surface area contributed by atoms with E-state index in [9.17, 15) is 19.5 Å². The van der Waals surface area contributed by atoms with Gasteiger partial charge in [-0.25, -0.2) is 9.59 Å². The number of carboxylic acid groups (broad SMARTS) is 1. The van der Waals surface area contributed by atoms with Crippen molar-refractivity contribution in [1.29, 1.82) is 0 Å². The van der Waals surface area contributed by atoms with Crippen molar-refractivity contribution in [2.24, 2.45) is 11.8 Å². The molecule has 0 saturated carbocycles. The molecular formula is C17H28N2O5. The number of nitrogens with one attached hydrogen (secondary N) is 1. The highest BCUT2D eigenvalue weighted by Crippen LogP contribution is 2.30. The Labute approximate surface area is 143 Å². The molecule has 2 N–H and O–H groups in total. The second-order valence-electron chi connectivity index (χ2n) is 6.67. The van der Waals surface area contributed by atoms with Gasteiger partial charge in [0.25, 0.3) is 0 Å². The number of methoxy groups -OCH3 is 1. The van der Waals surface area contributed by atoms with Crippen LogP contribution in [-0.2, 0) is 14.3 Å². The Balaban J connectivity index is 3.12. The van der Waals surface area contributed by atoms with Gasteiger partial charge in [0.15, 0.2) is 0 Å². The van der Waals surface area contributed by atoms with E-state index in [1.165, 1.54) is 12.0 Å². The molecule has 0 aliphatic carbocycles. The maximum absolute atomic E-state index is 13.0. The number of hydrogen-bond acceptors (Lipinski definition) is 4. The molecule has 1 aliphatic heterocycles. The molecule has 0 spiro atoms. The molecule has 0 radical (unpaired) electrons. The van der Waals surface area contributed by atoms with Crippen LogP contribution in [0.2, 0.25) is 0 Å². The number of ether oxygens (including phenoxy) is 1. The summed E-state index contributed by atoms with van der Waals surface area (Å²) in [6.07, 6.45) is 2.66. The molecule has 2 amide bonds. The lowest BCUT2D eigenvalue weighted by Crippen LogP contribution is -2.61. The number of carbonyl (C=O) groups excluding carboxylic acids is 2. The molecular weight excluding hydrogens is 312 g/mol. The fraction of sp³-hybridized carbons (Fsp3) is 0.706. The molecule has 1 rings (SSSR count). The lowest BCUT2D eigenvalue weighted by Gasteiger charge is -2.43. The summed E-state index contributed by atoms with van der Waals surface area (Å²) in [6.45, 7) is 9.39. The van der Waals surface area contributed by atoms with Crippen molar-refractivity contribution in [1.82, 2.24) is 10.2 Å². The first-order valence-electron chi connectivity index (χ1n) is 8.24. The van der Waals surface area contributed by atoms with Gasteiger partial charge in [-0.05, 0) is 32.1 Å². The molecule has 7 nitrogen and oxygen atoms in total. The van der Waals surface area contributed by atoms with Gasteiger partial charge in [0, 0.05) is 12.0 Å². The van der Waals surface area contributed by atoms with Gasteiger partial charge in [0.2, 0.25) is 5.91 Å². The van der Waals surface area contributed by atoms with Crippen LogP contribution in [0.15, 0.2) is 12.7 Å². The standard InChI is InChI=1S/C17H28N2O5/c1-6-12-8-7-11(4)19(14(12)16(21)22)15(20)13(9-10(2)3)18-17(23)24-5/h6,10-14H,1,7-9H2,2-5H3,(H,18,23)(H,21,22)/t11-,12+,13-,14-/m0/s1. The summed E-state index contributed by atoms with van der Waals surface area (Å²) in [6, 6.07) is -2.00. The third-order valence-corrected chi connectivity index (χ3v) is 4.39. The molecule has 136 valence electrons. The van der Waals surface area contributed by atoms with Crippen LogP contribution < -0.4 is 5.32 Å². The monoisotopic (exact) mass is 340 g/mol. The molecule has 4 atom stereocenters. The minimum atomic E-state index is -1.05. The summed E-state index contributed by atoms with van der Waals surface area (Å²) in [7, 11) is 1.23. The summed E-state index contributed by atoms with van der Waals surface area (Å²) < 4.78 is 4.59. The molecule has 7 heteroatoms. The summed E-state index contributed by atoms with van der Waals surface area (Å²) in [5, 5.41) is 12.2. The fourth-order valence-corrected chi connectivity index (χ4v) is 3.19. The maximum Gasteiger partial charge on any atom is 0.407 e. The van der Waals surface area contributed by atoms with Crippen molar-refractivity contribution in [2.45, 2.75) is 58.2 Å². The first-order valence-corrected chi connectivity index (χ1v) is 8.24.